The fourth-order valence-electron chi connectivity index (χ4n) is 6.54. The lowest BCUT2D eigenvalue weighted by Gasteiger charge is -2.15. The molecule has 0 aromatic heterocycles. The lowest BCUT2D eigenvalue weighted by atomic mass is 9.88. The van der Waals surface area contributed by atoms with Crippen molar-refractivity contribution in [3.05, 3.63) is 145 Å². The summed E-state index contributed by atoms with van der Waals surface area (Å²) in [7, 11) is 0. The van der Waals surface area contributed by atoms with E-state index in [1.165, 1.54) is 0 Å². The van der Waals surface area contributed by atoms with E-state index in [4.69, 9.17) is 0 Å². The third-order valence-electron chi connectivity index (χ3n) is 8.42. The van der Waals surface area contributed by atoms with Crippen LogP contribution in [-0.2, 0) is 0 Å². The molecule has 0 aliphatic rings. The summed E-state index contributed by atoms with van der Waals surface area (Å²) >= 11 is 0. The van der Waals surface area contributed by atoms with Gasteiger partial charge in [-0.3, -0.25) is 0 Å². The summed E-state index contributed by atoms with van der Waals surface area (Å²) in [6.45, 7) is 0. The quantitative estimate of drug-likeness (QED) is 0.161. The van der Waals surface area contributed by atoms with E-state index in [1.54, 1.807) is 0 Å². The normalized spacial score (nSPS) is 13.4. The highest BCUT2D eigenvalue weighted by molar-refractivity contribution is 6.25. The van der Waals surface area contributed by atoms with Crippen LogP contribution in [0.5, 0.6) is 0 Å². The molecule has 0 unspecified atom stereocenters. The van der Waals surface area contributed by atoms with Crippen LogP contribution in [0.25, 0.3) is 86.9 Å². The van der Waals surface area contributed by atoms with E-state index >= 15 is 0 Å². The van der Waals surface area contributed by atoms with Crippen LogP contribution >= 0.6 is 0 Å². The van der Waals surface area contributed by atoms with Crippen molar-refractivity contribution in [2.75, 3.05) is 0 Å². The van der Waals surface area contributed by atoms with E-state index in [9.17, 15) is 5.48 Å². The van der Waals surface area contributed by atoms with Crippen molar-refractivity contribution in [1.82, 2.24) is 0 Å². The summed E-state index contributed by atoms with van der Waals surface area (Å²) in [6.07, 6.45) is 0. The molecule has 0 spiro atoms. The van der Waals surface area contributed by atoms with E-state index in [-0.39, 0.29) is 24.2 Å². The van der Waals surface area contributed by atoms with Gasteiger partial charge in [-0.05, 0) is 105 Å². The minimum absolute atomic E-state index is 0.0290. The fourth-order valence-corrected chi connectivity index (χ4v) is 6.54. The maximum Gasteiger partial charge on any atom is 0.0629 e. The Morgan fingerprint density at radius 2 is 0.900 bits per heavy atom. The van der Waals surface area contributed by atoms with Crippen LogP contribution in [0.1, 0.15) is 5.48 Å². The molecule has 184 valence electrons. The van der Waals surface area contributed by atoms with Gasteiger partial charge in [0.05, 0.1) is 5.48 Å². The Hall–Kier alpha value is -5.20. The zero-order valence-corrected chi connectivity index (χ0v) is 21.5. The predicted octanol–water partition coefficient (Wildman–Crippen LogP) is 11.4. The second kappa shape index (κ2) is 8.15. The highest BCUT2D eigenvalue weighted by atomic mass is 14.2. The van der Waals surface area contributed by atoms with Crippen molar-refractivity contribution in [3.63, 3.8) is 0 Å². The van der Waals surface area contributed by atoms with E-state index in [0.717, 1.165) is 64.6 Å². The minimum Gasteiger partial charge on any atom is -0.0616 e. The molecule has 9 aromatic carbocycles. The summed E-state index contributed by atoms with van der Waals surface area (Å²) in [5, 5.41) is 12.9. The van der Waals surface area contributed by atoms with Crippen molar-refractivity contribution >= 4 is 64.6 Å². The standard InChI is InChI=1S/C40H24/c1-2-7-31-23-38-32(22-30(31)6-1)24-37(34-10-3-4-11-35(34)38)26-14-12-25(13-15-26)33-20-18-29-17-16-27-8-5-9-28-19-21-36(33)40(29)39(27)28/h1-24H/i12D,13D,14D,15D. The molecule has 0 atom stereocenters. The molecule has 0 fully saturated rings. The number of hydrogen-bond acceptors (Lipinski definition) is 0. The van der Waals surface area contributed by atoms with Gasteiger partial charge in [0.25, 0.3) is 0 Å². The molecule has 0 saturated heterocycles. The van der Waals surface area contributed by atoms with Gasteiger partial charge in [0.1, 0.15) is 0 Å². The molecule has 0 N–H and O–H groups in total. The lowest BCUT2D eigenvalue weighted by Crippen LogP contribution is -1.88. The third-order valence-corrected chi connectivity index (χ3v) is 8.42. The monoisotopic (exact) mass is 508 g/mol. The SMILES string of the molecule is [2H]c1c([2H])c(-c2ccc3ccc4cccc5ccc2c3c45)c([2H])c([2H])c1-c1cc2cc3ccccc3cc2c2ccccc12. The van der Waals surface area contributed by atoms with E-state index < -0.39 is 0 Å². The van der Waals surface area contributed by atoms with Crippen LogP contribution in [0.15, 0.2) is 145 Å². The van der Waals surface area contributed by atoms with Gasteiger partial charge < -0.3 is 0 Å². The Morgan fingerprint density at radius 1 is 0.325 bits per heavy atom. The molecule has 0 amide bonds. The van der Waals surface area contributed by atoms with Gasteiger partial charge in [-0.25, -0.2) is 0 Å². The molecule has 0 radical (unpaired) electrons. The first-order valence-electron chi connectivity index (χ1n) is 15.6. The maximum absolute atomic E-state index is 9.30. The van der Waals surface area contributed by atoms with Gasteiger partial charge >= 0.3 is 0 Å². The molecule has 0 saturated carbocycles. The average Bonchev–Trinajstić information content (AvgIpc) is 3.06. The Bertz CT molecular complexity index is 2610. The van der Waals surface area contributed by atoms with Crippen molar-refractivity contribution in [2.24, 2.45) is 0 Å². The molecule has 0 aliphatic carbocycles. The summed E-state index contributed by atoms with van der Waals surface area (Å²) in [4.78, 5) is 0. The first kappa shape index (κ1) is 18.2. The molecular formula is C40H24. The second-order valence-corrected chi connectivity index (χ2v) is 10.6. The van der Waals surface area contributed by atoms with Crippen molar-refractivity contribution in [2.45, 2.75) is 0 Å². The van der Waals surface area contributed by atoms with Crippen molar-refractivity contribution in [3.8, 4) is 22.3 Å². The van der Waals surface area contributed by atoms with Gasteiger partial charge in [0.15, 0.2) is 0 Å². The highest BCUT2D eigenvalue weighted by Gasteiger charge is 2.13. The summed E-state index contributed by atoms with van der Waals surface area (Å²) < 4.78 is 37.2. The maximum atomic E-state index is 9.30. The molecule has 0 bridgehead atoms. The van der Waals surface area contributed by atoms with Crippen LogP contribution in [0, 0.1) is 0 Å². The number of fused-ring (bicyclic) bond motifs is 4. The van der Waals surface area contributed by atoms with Gasteiger partial charge in [-0.15, -0.1) is 0 Å². The molecule has 9 rings (SSSR count). The minimum atomic E-state index is -0.0306. The zero-order chi connectivity index (χ0) is 29.7. The van der Waals surface area contributed by atoms with E-state index in [1.807, 2.05) is 48.5 Å². The first-order valence-corrected chi connectivity index (χ1v) is 13.6. The lowest BCUT2D eigenvalue weighted by molar-refractivity contribution is 1.64. The van der Waals surface area contributed by atoms with Crippen LogP contribution in [0.2, 0.25) is 0 Å². The van der Waals surface area contributed by atoms with Gasteiger partial charge in [-0.2, -0.15) is 0 Å². The second-order valence-electron chi connectivity index (χ2n) is 10.6. The Balaban J connectivity index is 1.34. The smallest absolute Gasteiger partial charge is 0.0616 e. The average molecular weight is 509 g/mol. The zero-order valence-electron chi connectivity index (χ0n) is 25.5. The van der Waals surface area contributed by atoms with Crippen LogP contribution in [0.4, 0.5) is 0 Å². The number of rotatable bonds is 2. The van der Waals surface area contributed by atoms with Gasteiger partial charge in [0, 0.05) is 0 Å². The summed E-state index contributed by atoms with van der Waals surface area (Å²) in [6, 6.07) is 41.2. The van der Waals surface area contributed by atoms with Crippen LogP contribution in [0.3, 0.4) is 0 Å². The van der Waals surface area contributed by atoms with E-state index in [2.05, 4.69) is 72.8 Å². The molecular weight excluding hydrogens is 480 g/mol. The topological polar surface area (TPSA) is 0 Å². The molecule has 0 heteroatoms. The summed E-state index contributed by atoms with van der Waals surface area (Å²) in [5.41, 5.74) is 2.09. The molecule has 9 aromatic rings. The van der Waals surface area contributed by atoms with Gasteiger partial charge in [-0.1, -0.05) is 127 Å². The van der Waals surface area contributed by atoms with Crippen LogP contribution in [-0.4, -0.2) is 0 Å². The third kappa shape index (κ3) is 3.08. The fraction of sp³-hybridized carbons (Fsp3) is 0. The molecule has 0 nitrogen and oxygen atoms in total. The first-order chi connectivity index (χ1) is 21.5. The Kier molecular flexibility index (Phi) is 3.70. The summed E-state index contributed by atoms with van der Waals surface area (Å²) in [5.74, 6) is 0. The number of hydrogen-bond donors (Lipinski definition) is 0. The molecule has 40 heavy (non-hydrogen) atoms. The predicted molar refractivity (Wildman–Crippen MR) is 174 cm³/mol. The molecule has 0 aliphatic heterocycles. The van der Waals surface area contributed by atoms with Crippen LogP contribution < -0.4 is 0 Å². The van der Waals surface area contributed by atoms with E-state index in [0.29, 0.717) is 22.3 Å². The highest BCUT2D eigenvalue weighted by Crippen LogP contribution is 2.41. The molecule has 0 heterocycles. The number of benzene rings is 9. The largest absolute Gasteiger partial charge is 0.0629 e. The van der Waals surface area contributed by atoms with Crippen molar-refractivity contribution < 1.29 is 5.48 Å². The Morgan fingerprint density at radius 3 is 1.68 bits per heavy atom. The van der Waals surface area contributed by atoms with Crippen molar-refractivity contribution in [1.29, 1.82) is 0 Å². The Labute approximate surface area is 237 Å². The van der Waals surface area contributed by atoms with Gasteiger partial charge in [0.2, 0.25) is 0 Å².